The van der Waals surface area contributed by atoms with Crippen molar-refractivity contribution in [3.8, 4) is 0 Å². The molecule has 0 unspecified atom stereocenters. The zero-order valence-electron chi connectivity index (χ0n) is 14.4. The molecule has 2 aliphatic carbocycles. The Bertz CT molecular complexity index is 670. The number of nitrogens with one attached hydrogen (secondary N) is 1. The van der Waals surface area contributed by atoms with Crippen molar-refractivity contribution in [1.29, 1.82) is 0 Å². The molecule has 4 rings (SSSR count). The summed E-state index contributed by atoms with van der Waals surface area (Å²) < 4.78 is 0. The number of hydrogen-bond donors (Lipinski definition) is 2. The molecular formula is C20H26ClNO2. The van der Waals surface area contributed by atoms with Crippen molar-refractivity contribution in [1.82, 2.24) is 0 Å². The summed E-state index contributed by atoms with van der Waals surface area (Å²) >= 11 is 6.28. The van der Waals surface area contributed by atoms with E-state index in [2.05, 4.69) is 19.2 Å². The predicted octanol–water partition coefficient (Wildman–Crippen LogP) is 5.40. The van der Waals surface area contributed by atoms with E-state index in [0.717, 1.165) is 24.4 Å². The van der Waals surface area contributed by atoms with Gasteiger partial charge in [0.05, 0.1) is 11.3 Å². The van der Waals surface area contributed by atoms with Crippen LogP contribution in [0.25, 0.3) is 0 Å². The lowest BCUT2D eigenvalue weighted by Gasteiger charge is -2.46. The first kappa shape index (κ1) is 16.3. The van der Waals surface area contributed by atoms with E-state index in [1.165, 1.54) is 24.8 Å². The number of benzene rings is 1. The van der Waals surface area contributed by atoms with Gasteiger partial charge in [-0.1, -0.05) is 38.3 Å². The lowest BCUT2D eigenvalue weighted by atomic mass is 9.65. The Morgan fingerprint density at radius 3 is 2.67 bits per heavy atom. The first-order valence-electron chi connectivity index (χ1n) is 9.38. The Morgan fingerprint density at radius 1 is 1.29 bits per heavy atom. The van der Waals surface area contributed by atoms with E-state index in [1.807, 2.05) is 6.07 Å². The number of halogens is 1. The van der Waals surface area contributed by atoms with Crippen LogP contribution in [0.5, 0.6) is 0 Å². The van der Waals surface area contributed by atoms with Gasteiger partial charge in [-0.05, 0) is 66.5 Å². The van der Waals surface area contributed by atoms with Crippen molar-refractivity contribution in [3.05, 3.63) is 28.3 Å². The second-order valence-corrected chi connectivity index (χ2v) is 8.34. The third-order valence-corrected chi connectivity index (χ3v) is 7.20. The minimum Gasteiger partial charge on any atom is -0.478 e. The zero-order valence-corrected chi connectivity index (χ0v) is 15.1. The summed E-state index contributed by atoms with van der Waals surface area (Å²) in [5.41, 5.74) is 2.35. The molecule has 0 amide bonds. The van der Waals surface area contributed by atoms with E-state index < -0.39 is 5.97 Å². The average molecular weight is 348 g/mol. The summed E-state index contributed by atoms with van der Waals surface area (Å²) in [6, 6.07) is 4.03. The molecule has 3 aliphatic rings. The van der Waals surface area contributed by atoms with Crippen molar-refractivity contribution in [2.75, 3.05) is 5.32 Å². The number of rotatable bonds is 4. The monoisotopic (exact) mass is 347 g/mol. The van der Waals surface area contributed by atoms with Gasteiger partial charge < -0.3 is 10.4 Å². The van der Waals surface area contributed by atoms with Crippen LogP contribution in [0, 0.1) is 23.7 Å². The molecule has 1 aromatic rings. The van der Waals surface area contributed by atoms with Crippen molar-refractivity contribution in [2.45, 2.75) is 57.9 Å². The van der Waals surface area contributed by atoms with Crippen LogP contribution < -0.4 is 5.32 Å². The Morgan fingerprint density at radius 2 is 2.00 bits per heavy atom. The molecule has 0 spiro atoms. The second kappa shape index (κ2) is 5.94. The zero-order chi connectivity index (χ0) is 17.0. The van der Waals surface area contributed by atoms with Gasteiger partial charge in [0.1, 0.15) is 0 Å². The maximum Gasteiger partial charge on any atom is 0.337 e. The van der Waals surface area contributed by atoms with E-state index in [4.69, 9.17) is 11.6 Å². The summed E-state index contributed by atoms with van der Waals surface area (Å²) in [5, 5.41) is 13.9. The highest BCUT2D eigenvalue weighted by atomic mass is 35.5. The third-order valence-electron chi connectivity index (χ3n) is 6.99. The Labute approximate surface area is 148 Å². The minimum absolute atomic E-state index is 0.342. The van der Waals surface area contributed by atoms with Crippen LogP contribution in [-0.4, -0.2) is 17.1 Å². The first-order valence-corrected chi connectivity index (χ1v) is 9.76. The fourth-order valence-electron chi connectivity index (χ4n) is 6.03. The molecule has 24 heavy (non-hydrogen) atoms. The van der Waals surface area contributed by atoms with Gasteiger partial charge >= 0.3 is 5.97 Å². The highest BCUT2D eigenvalue weighted by molar-refractivity contribution is 6.31. The third kappa shape index (κ3) is 2.28. The van der Waals surface area contributed by atoms with E-state index in [1.54, 1.807) is 6.07 Å². The van der Waals surface area contributed by atoms with Crippen LogP contribution in [0.2, 0.25) is 5.02 Å². The van der Waals surface area contributed by atoms with E-state index in [0.29, 0.717) is 40.3 Å². The quantitative estimate of drug-likeness (QED) is 0.766. The highest BCUT2D eigenvalue weighted by Crippen LogP contribution is 2.62. The van der Waals surface area contributed by atoms with Gasteiger partial charge in [-0.25, -0.2) is 4.79 Å². The van der Waals surface area contributed by atoms with Gasteiger partial charge in [0, 0.05) is 11.1 Å². The smallest absolute Gasteiger partial charge is 0.337 e. The largest absolute Gasteiger partial charge is 0.478 e. The van der Waals surface area contributed by atoms with Crippen LogP contribution >= 0.6 is 11.6 Å². The van der Waals surface area contributed by atoms with Crippen molar-refractivity contribution < 1.29 is 9.90 Å². The molecule has 3 nitrogen and oxygen atoms in total. The molecule has 4 heteroatoms. The molecule has 2 N–H and O–H groups in total. The molecule has 5 atom stereocenters. The van der Waals surface area contributed by atoms with Crippen molar-refractivity contribution in [3.63, 3.8) is 0 Å². The molecule has 2 saturated carbocycles. The molecule has 1 aromatic carbocycles. The van der Waals surface area contributed by atoms with Gasteiger partial charge in [0.2, 0.25) is 0 Å². The SMILES string of the molecule is CCC(CC)[C@@H]1Nc2c(C(=O)O)cc(Cl)cc2[C@@H]2[C@H]3CC[C@@H](C3)[C@H]21. The van der Waals surface area contributed by atoms with Gasteiger partial charge in [0.15, 0.2) is 0 Å². The van der Waals surface area contributed by atoms with Gasteiger partial charge in [-0.3, -0.25) is 0 Å². The van der Waals surface area contributed by atoms with E-state index in [-0.39, 0.29) is 0 Å². The first-order chi connectivity index (χ1) is 11.5. The maximum atomic E-state index is 11.8. The lowest BCUT2D eigenvalue weighted by Crippen LogP contribution is -2.45. The van der Waals surface area contributed by atoms with Crippen LogP contribution in [0.15, 0.2) is 12.1 Å². The molecule has 0 aromatic heterocycles. The summed E-state index contributed by atoms with van der Waals surface area (Å²) in [6.45, 7) is 4.51. The molecule has 130 valence electrons. The normalized spacial score (nSPS) is 33.2. The number of carboxylic acids is 1. The Hall–Kier alpha value is -1.22. The summed E-state index contributed by atoms with van der Waals surface area (Å²) in [5.74, 6) is 2.34. The topological polar surface area (TPSA) is 49.3 Å². The summed E-state index contributed by atoms with van der Waals surface area (Å²) in [6.07, 6.45) is 6.21. The number of aromatic carboxylic acids is 1. The average Bonchev–Trinajstić information content (AvgIpc) is 3.17. The van der Waals surface area contributed by atoms with Gasteiger partial charge in [0.25, 0.3) is 0 Å². The molecule has 0 saturated heterocycles. The number of anilines is 1. The molecule has 0 radical (unpaired) electrons. The van der Waals surface area contributed by atoms with E-state index >= 15 is 0 Å². The fourth-order valence-corrected chi connectivity index (χ4v) is 6.25. The summed E-state index contributed by atoms with van der Waals surface area (Å²) in [4.78, 5) is 11.8. The Kier molecular flexibility index (Phi) is 4.03. The molecule has 1 aliphatic heterocycles. The van der Waals surface area contributed by atoms with Gasteiger partial charge in [-0.2, -0.15) is 0 Å². The maximum absolute atomic E-state index is 11.8. The molecule has 2 bridgehead atoms. The van der Waals surface area contributed by atoms with Crippen LogP contribution in [0.1, 0.15) is 67.8 Å². The van der Waals surface area contributed by atoms with E-state index in [9.17, 15) is 9.90 Å². The van der Waals surface area contributed by atoms with Crippen LogP contribution in [0.4, 0.5) is 5.69 Å². The summed E-state index contributed by atoms with van der Waals surface area (Å²) in [7, 11) is 0. The fraction of sp³-hybridized carbons (Fsp3) is 0.650. The van der Waals surface area contributed by atoms with Crippen molar-refractivity contribution in [2.24, 2.45) is 23.7 Å². The van der Waals surface area contributed by atoms with Crippen LogP contribution in [0.3, 0.4) is 0 Å². The highest BCUT2D eigenvalue weighted by Gasteiger charge is 2.54. The van der Waals surface area contributed by atoms with Crippen molar-refractivity contribution >= 4 is 23.3 Å². The second-order valence-electron chi connectivity index (χ2n) is 7.91. The molecule has 2 fully saturated rings. The van der Waals surface area contributed by atoms with Gasteiger partial charge in [-0.15, -0.1) is 0 Å². The number of hydrogen-bond acceptors (Lipinski definition) is 2. The molecular weight excluding hydrogens is 322 g/mol. The minimum atomic E-state index is -0.883. The Balaban J connectivity index is 1.86. The standard InChI is InChI=1S/C20H26ClNO2/c1-3-10(4-2)18-17-12-6-5-11(7-12)16(17)14-8-13(21)9-15(20(23)24)19(14)22-18/h8-12,16-18,22H,3-7H2,1-2H3,(H,23,24)/t11-,12-,16-,17+,18-/m0/s1. The number of carbonyl (C=O) groups is 1. The lowest BCUT2D eigenvalue weighted by molar-refractivity contribution is 0.0697. The molecule has 1 heterocycles. The predicted molar refractivity (Wildman–Crippen MR) is 97.0 cm³/mol. The number of carboxylic acid groups (broad SMARTS) is 1. The van der Waals surface area contributed by atoms with Crippen LogP contribution in [-0.2, 0) is 0 Å². The number of fused-ring (bicyclic) bond motifs is 7.